The van der Waals surface area contributed by atoms with Crippen LogP contribution < -0.4 is 28.0 Å². The Morgan fingerprint density at radius 2 is 2.00 bits per heavy atom. The van der Waals surface area contributed by atoms with E-state index in [2.05, 4.69) is 10.3 Å². The quantitative estimate of drug-likeness (QED) is 0.0837. The predicted molar refractivity (Wildman–Crippen MR) is 104 cm³/mol. The van der Waals surface area contributed by atoms with Gasteiger partial charge in [0.1, 0.15) is 12.1 Å². The van der Waals surface area contributed by atoms with Gasteiger partial charge in [-0.2, -0.15) is 0 Å². The fraction of sp³-hybridized carbons (Fsp3) is 0.765. The van der Waals surface area contributed by atoms with E-state index >= 15 is 0 Å². The van der Waals surface area contributed by atoms with E-state index in [1.165, 1.54) is 4.90 Å². The highest BCUT2D eigenvalue weighted by molar-refractivity contribution is 5.93. The fourth-order valence-corrected chi connectivity index (χ4v) is 3.11. The second kappa shape index (κ2) is 11.4. The average molecular weight is 399 g/mol. The van der Waals surface area contributed by atoms with Crippen molar-refractivity contribution in [3.8, 4) is 0 Å². The van der Waals surface area contributed by atoms with Crippen molar-refractivity contribution in [1.29, 1.82) is 0 Å². The minimum atomic E-state index is -0.965. The second-order valence-corrected chi connectivity index (χ2v) is 7.09. The van der Waals surface area contributed by atoms with E-state index in [9.17, 15) is 14.4 Å². The third-order valence-corrected chi connectivity index (χ3v) is 5.07. The normalized spacial score (nSPS) is 19.4. The van der Waals surface area contributed by atoms with E-state index in [0.717, 1.165) is 6.42 Å². The Bertz CT molecular complexity index is 580. The Balaban J connectivity index is 2.75. The van der Waals surface area contributed by atoms with E-state index in [0.29, 0.717) is 25.8 Å². The molecule has 0 saturated carbocycles. The summed E-state index contributed by atoms with van der Waals surface area (Å²) in [7, 11) is 0. The second-order valence-electron chi connectivity index (χ2n) is 7.09. The number of hydrogen-bond donors (Lipinski definition) is 6. The van der Waals surface area contributed by atoms with Crippen molar-refractivity contribution in [2.24, 2.45) is 28.1 Å². The van der Waals surface area contributed by atoms with Gasteiger partial charge in [0.25, 0.3) is 5.91 Å². The molecule has 0 aromatic carbocycles. The Morgan fingerprint density at radius 3 is 2.57 bits per heavy atom. The Kier molecular flexibility index (Phi) is 9.66. The summed E-state index contributed by atoms with van der Waals surface area (Å²) in [5, 5.41) is 11.5. The number of likely N-dealkylation sites (tertiary alicyclic amines) is 1. The summed E-state index contributed by atoms with van der Waals surface area (Å²) in [5.74, 6) is -1.52. The number of guanidine groups is 1. The van der Waals surface area contributed by atoms with Gasteiger partial charge in [-0.05, 0) is 31.6 Å². The van der Waals surface area contributed by atoms with Gasteiger partial charge in [0.15, 0.2) is 5.96 Å². The zero-order chi connectivity index (χ0) is 21.3. The number of amides is 3. The Morgan fingerprint density at radius 1 is 1.32 bits per heavy atom. The van der Waals surface area contributed by atoms with Gasteiger partial charge in [-0.15, -0.1) is 0 Å². The zero-order valence-electron chi connectivity index (χ0n) is 16.6. The maximum Gasteiger partial charge on any atom is 0.265 e. The molecule has 9 N–H and O–H groups in total. The number of nitrogens with one attached hydrogen (secondary N) is 2. The van der Waals surface area contributed by atoms with Gasteiger partial charge in [0, 0.05) is 13.1 Å². The molecule has 11 heteroatoms. The Hall–Kier alpha value is -2.40. The van der Waals surface area contributed by atoms with Gasteiger partial charge in [0.2, 0.25) is 11.8 Å². The zero-order valence-corrected chi connectivity index (χ0v) is 16.6. The minimum Gasteiger partial charge on any atom is -0.370 e. The molecule has 3 amide bonds. The molecule has 0 spiro atoms. The predicted octanol–water partition coefficient (Wildman–Crippen LogP) is -1.61. The molecular weight excluding hydrogens is 366 g/mol. The van der Waals surface area contributed by atoms with Gasteiger partial charge in [-0.1, -0.05) is 20.3 Å². The molecule has 1 fully saturated rings. The molecule has 11 nitrogen and oxygen atoms in total. The van der Waals surface area contributed by atoms with Gasteiger partial charge >= 0.3 is 0 Å². The van der Waals surface area contributed by atoms with Crippen LogP contribution in [0.2, 0.25) is 0 Å². The lowest BCUT2D eigenvalue weighted by Gasteiger charge is -2.29. The summed E-state index contributed by atoms with van der Waals surface area (Å²) in [6.07, 6.45) is 2.57. The number of aliphatic imine (C=N–C) groups is 1. The van der Waals surface area contributed by atoms with Crippen molar-refractivity contribution >= 4 is 23.7 Å². The maximum atomic E-state index is 12.7. The van der Waals surface area contributed by atoms with Crippen LogP contribution in [-0.2, 0) is 14.4 Å². The lowest BCUT2D eigenvalue weighted by molar-refractivity contribution is -0.141. The first-order valence-electron chi connectivity index (χ1n) is 9.58. The SMILES string of the molecule is CC[C@@H](C)[C@@H](N)C(=O)N1CCC[C@H]1C(=O)N[C@@H](CCCN=C(N)N)C(=O)NO. The Labute approximate surface area is 165 Å². The van der Waals surface area contributed by atoms with Crippen molar-refractivity contribution in [2.45, 2.75) is 64.1 Å². The standard InChI is InChI=1S/C17H33N7O4/c1-3-10(2)13(18)16(27)24-9-5-7-12(24)15(26)22-11(14(25)23-28)6-4-8-21-17(19)20/h10-13,28H,3-9,18H2,1-2H3,(H,22,26)(H,23,25)(H4,19,20,21)/t10-,11+,12+,13-/m1/s1. The molecule has 1 heterocycles. The van der Waals surface area contributed by atoms with Crippen LogP contribution >= 0.6 is 0 Å². The van der Waals surface area contributed by atoms with Crippen LogP contribution in [0.25, 0.3) is 0 Å². The minimum absolute atomic E-state index is 0.000243. The van der Waals surface area contributed by atoms with Crippen molar-refractivity contribution in [1.82, 2.24) is 15.7 Å². The van der Waals surface area contributed by atoms with E-state index in [1.807, 2.05) is 13.8 Å². The summed E-state index contributed by atoms with van der Waals surface area (Å²) in [4.78, 5) is 42.6. The van der Waals surface area contributed by atoms with Crippen molar-refractivity contribution in [2.75, 3.05) is 13.1 Å². The lowest BCUT2D eigenvalue weighted by atomic mass is 9.98. The molecule has 160 valence electrons. The number of rotatable bonds is 10. The molecule has 0 bridgehead atoms. The number of hydroxylamine groups is 1. The third-order valence-electron chi connectivity index (χ3n) is 5.07. The monoisotopic (exact) mass is 399 g/mol. The topological polar surface area (TPSA) is 189 Å². The molecule has 1 saturated heterocycles. The van der Waals surface area contributed by atoms with E-state index in [1.54, 1.807) is 5.48 Å². The summed E-state index contributed by atoms with van der Waals surface area (Å²) in [6.45, 7) is 4.58. The molecule has 0 aliphatic carbocycles. The van der Waals surface area contributed by atoms with E-state index in [4.69, 9.17) is 22.4 Å². The maximum absolute atomic E-state index is 12.7. The third kappa shape index (κ3) is 6.64. The van der Waals surface area contributed by atoms with Gasteiger partial charge in [-0.25, -0.2) is 5.48 Å². The molecule has 1 aliphatic rings. The molecule has 0 unspecified atom stereocenters. The van der Waals surface area contributed by atoms with Crippen LogP contribution in [0.5, 0.6) is 0 Å². The molecule has 4 atom stereocenters. The summed E-state index contributed by atoms with van der Waals surface area (Å²) >= 11 is 0. The largest absolute Gasteiger partial charge is 0.370 e. The molecule has 28 heavy (non-hydrogen) atoms. The summed E-state index contributed by atoms with van der Waals surface area (Å²) < 4.78 is 0. The van der Waals surface area contributed by atoms with Gasteiger partial charge in [-0.3, -0.25) is 24.6 Å². The number of carbonyl (C=O) groups is 3. The fourth-order valence-electron chi connectivity index (χ4n) is 3.11. The van der Waals surface area contributed by atoms with Crippen LogP contribution in [0.4, 0.5) is 0 Å². The van der Waals surface area contributed by atoms with Crippen LogP contribution in [-0.4, -0.2) is 65.0 Å². The van der Waals surface area contributed by atoms with Crippen LogP contribution in [0.3, 0.4) is 0 Å². The summed E-state index contributed by atoms with van der Waals surface area (Å²) in [5.41, 5.74) is 18.1. The lowest BCUT2D eigenvalue weighted by Crippen LogP contribution is -2.55. The highest BCUT2D eigenvalue weighted by atomic mass is 16.5. The molecule has 0 aromatic heterocycles. The van der Waals surface area contributed by atoms with Crippen LogP contribution in [0, 0.1) is 5.92 Å². The molecular formula is C17H33N7O4. The molecule has 0 aromatic rings. The average Bonchev–Trinajstić information content (AvgIpc) is 3.17. The first-order valence-corrected chi connectivity index (χ1v) is 9.58. The van der Waals surface area contributed by atoms with Gasteiger partial charge < -0.3 is 27.4 Å². The number of carbonyl (C=O) groups excluding carboxylic acids is 3. The molecule has 0 radical (unpaired) electrons. The first kappa shape index (κ1) is 23.6. The van der Waals surface area contributed by atoms with Crippen LogP contribution in [0.15, 0.2) is 4.99 Å². The van der Waals surface area contributed by atoms with E-state index < -0.39 is 29.9 Å². The first-order chi connectivity index (χ1) is 13.2. The molecule has 1 aliphatic heterocycles. The van der Waals surface area contributed by atoms with Crippen LogP contribution in [0.1, 0.15) is 46.0 Å². The number of nitrogens with two attached hydrogens (primary N) is 3. The highest BCUT2D eigenvalue weighted by Gasteiger charge is 2.38. The van der Waals surface area contributed by atoms with Gasteiger partial charge in [0.05, 0.1) is 6.04 Å². The van der Waals surface area contributed by atoms with Crippen molar-refractivity contribution in [3.05, 3.63) is 0 Å². The van der Waals surface area contributed by atoms with E-state index in [-0.39, 0.29) is 30.8 Å². The van der Waals surface area contributed by atoms with Crippen molar-refractivity contribution in [3.63, 3.8) is 0 Å². The summed E-state index contributed by atoms with van der Waals surface area (Å²) in [6, 6.07) is -2.32. The number of hydrogen-bond acceptors (Lipinski definition) is 6. The number of nitrogens with zero attached hydrogens (tertiary/aromatic N) is 2. The van der Waals surface area contributed by atoms with Crippen molar-refractivity contribution < 1.29 is 19.6 Å². The molecule has 1 rings (SSSR count). The highest BCUT2D eigenvalue weighted by Crippen LogP contribution is 2.21. The smallest absolute Gasteiger partial charge is 0.265 e.